The van der Waals surface area contributed by atoms with Crippen molar-refractivity contribution in [1.82, 2.24) is 25.0 Å². The van der Waals surface area contributed by atoms with Crippen LogP contribution in [0, 0.1) is 6.92 Å². The van der Waals surface area contributed by atoms with Crippen molar-refractivity contribution < 1.29 is 0 Å². The molecule has 2 heterocycles. The predicted molar refractivity (Wildman–Crippen MR) is 59.2 cm³/mol. The summed E-state index contributed by atoms with van der Waals surface area (Å²) in [6.45, 7) is 1.85. The Morgan fingerprint density at radius 3 is 2.62 bits per heavy atom. The van der Waals surface area contributed by atoms with E-state index < -0.39 is 0 Å². The molecule has 0 N–H and O–H groups in total. The van der Waals surface area contributed by atoms with Crippen molar-refractivity contribution >= 4 is 11.0 Å². The molecule has 0 aliphatic rings. The number of benzene rings is 1. The van der Waals surface area contributed by atoms with Crippen LogP contribution in [0.2, 0.25) is 0 Å². The molecule has 3 aromatic rings. The minimum absolute atomic E-state index is 0.744. The Morgan fingerprint density at radius 1 is 1.06 bits per heavy atom. The van der Waals surface area contributed by atoms with Gasteiger partial charge in [-0.2, -0.15) is 0 Å². The molecule has 5 heteroatoms. The molecule has 1 aromatic carbocycles. The molecule has 3 rings (SSSR count). The zero-order chi connectivity index (χ0) is 11.0. The van der Waals surface area contributed by atoms with Gasteiger partial charge in [-0.3, -0.25) is 0 Å². The molecule has 0 saturated carbocycles. The Bertz CT molecular complexity index is 626. The van der Waals surface area contributed by atoms with Crippen LogP contribution in [-0.4, -0.2) is 25.0 Å². The summed E-state index contributed by atoms with van der Waals surface area (Å²) in [7, 11) is 0. The molecule has 0 saturated heterocycles. The molecule has 78 valence electrons. The van der Waals surface area contributed by atoms with Gasteiger partial charge in [0.25, 0.3) is 0 Å². The average molecular weight is 211 g/mol. The minimum atomic E-state index is 0.744. The van der Waals surface area contributed by atoms with Crippen molar-refractivity contribution in [2.45, 2.75) is 6.92 Å². The lowest BCUT2D eigenvalue weighted by atomic mass is 10.3. The maximum Gasteiger partial charge on any atom is 0.125 e. The molecule has 0 amide bonds. The monoisotopic (exact) mass is 211 g/mol. The van der Waals surface area contributed by atoms with Gasteiger partial charge in [0, 0.05) is 0 Å². The van der Waals surface area contributed by atoms with Crippen LogP contribution in [-0.2, 0) is 0 Å². The highest BCUT2D eigenvalue weighted by atomic mass is 15.4. The Labute approximate surface area is 91.8 Å². The fourth-order valence-electron chi connectivity index (χ4n) is 1.55. The smallest absolute Gasteiger partial charge is 0.125 e. The van der Waals surface area contributed by atoms with E-state index in [1.807, 2.05) is 31.2 Å². The SMILES string of the molecule is Cc1ncc(-n2nnc3ccccc32)cn1. The van der Waals surface area contributed by atoms with Gasteiger partial charge in [0.05, 0.1) is 17.9 Å². The largest absolute Gasteiger partial charge is 0.239 e. The summed E-state index contributed by atoms with van der Waals surface area (Å²) >= 11 is 0. The molecule has 0 atom stereocenters. The van der Waals surface area contributed by atoms with Crippen LogP contribution < -0.4 is 0 Å². The molecule has 0 aliphatic carbocycles. The fourth-order valence-corrected chi connectivity index (χ4v) is 1.55. The molecular formula is C11H9N5. The van der Waals surface area contributed by atoms with E-state index in [2.05, 4.69) is 20.3 Å². The number of hydrogen-bond donors (Lipinski definition) is 0. The third-order valence-corrected chi connectivity index (χ3v) is 2.36. The van der Waals surface area contributed by atoms with E-state index in [1.165, 1.54) is 0 Å². The number of aryl methyl sites for hydroxylation is 1. The van der Waals surface area contributed by atoms with Gasteiger partial charge in [0.15, 0.2) is 0 Å². The Hall–Kier alpha value is -2.30. The molecular weight excluding hydrogens is 202 g/mol. The van der Waals surface area contributed by atoms with Gasteiger partial charge in [0.1, 0.15) is 17.0 Å². The molecule has 0 aliphatic heterocycles. The van der Waals surface area contributed by atoms with Crippen LogP contribution in [0.5, 0.6) is 0 Å². The zero-order valence-electron chi connectivity index (χ0n) is 8.70. The van der Waals surface area contributed by atoms with E-state index in [-0.39, 0.29) is 0 Å². The standard InChI is InChI=1S/C11H9N5/c1-8-12-6-9(7-13-8)16-11-5-3-2-4-10(11)14-15-16/h2-7H,1H3. The molecule has 16 heavy (non-hydrogen) atoms. The number of para-hydroxylation sites is 1. The van der Waals surface area contributed by atoms with Crippen LogP contribution in [0.1, 0.15) is 5.82 Å². The van der Waals surface area contributed by atoms with Crippen LogP contribution in [0.15, 0.2) is 36.7 Å². The summed E-state index contributed by atoms with van der Waals surface area (Å²) in [6.07, 6.45) is 3.48. The van der Waals surface area contributed by atoms with Gasteiger partial charge in [-0.15, -0.1) is 5.10 Å². The number of fused-ring (bicyclic) bond motifs is 1. The third-order valence-electron chi connectivity index (χ3n) is 2.36. The number of rotatable bonds is 1. The first-order chi connectivity index (χ1) is 7.84. The maximum absolute atomic E-state index is 4.14. The van der Waals surface area contributed by atoms with Crippen molar-refractivity contribution in [1.29, 1.82) is 0 Å². The third kappa shape index (κ3) is 1.33. The lowest BCUT2D eigenvalue weighted by molar-refractivity contribution is 0.810. The summed E-state index contributed by atoms with van der Waals surface area (Å²) in [6, 6.07) is 7.79. The number of nitrogens with zero attached hydrogens (tertiary/aromatic N) is 5. The molecule has 0 fully saturated rings. The summed E-state index contributed by atoms with van der Waals surface area (Å²) in [4.78, 5) is 8.28. The summed E-state index contributed by atoms with van der Waals surface area (Å²) in [5, 5.41) is 8.16. The van der Waals surface area contributed by atoms with Crippen molar-refractivity contribution in [3.8, 4) is 5.69 Å². The van der Waals surface area contributed by atoms with E-state index in [0.717, 1.165) is 22.5 Å². The van der Waals surface area contributed by atoms with Crippen LogP contribution >= 0.6 is 0 Å². The van der Waals surface area contributed by atoms with Crippen LogP contribution in [0.25, 0.3) is 16.7 Å². The molecule has 5 nitrogen and oxygen atoms in total. The Balaban J connectivity index is 2.22. The summed E-state index contributed by atoms with van der Waals surface area (Å²) in [5.41, 5.74) is 2.64. The van der Waals surface area contributed by atoms with Gasteiger partial charge < -0.3 is 0 Å². The van der Waals surface area contributed by atoms with Crippen LogP contribution in [0.4, 0.5) is 0 Å². The highest BCUT2D eigenvalue weighted by Gasteiger charge is 2.05. The Kier molecular flexibility index (Phi) is 1.89. The minimum Gasteiger partial charge on any atom is -0.239 e. The van der Waals surface area contributed by atoms with Crippen LogP contribution in [0.3, 0.4) is 0 Å². The quantitative estimate of drug-likeness (QED) is 0.612. The summed E-state index contributed by atoms with van der Waals surface area (Å²) in [5.74, 6) is 0.744. The highest BCUT2D eigenvalue weighted by Crippen LogP contribution is 2.14. The van der Waals surface area contributed by atoms with E-state index >= 15 is 0 Å². The lowest BCUT2D eigenvalue weighted by Crippen LogP contribution is -1.99. The van der Waals surface area contributed by atoms with Crippen molar-refractivity contribution in [3.63, 3.8) is 0 Å². The lowest BCUT2D eigenvalue weighted by Gasteiger charge is -2.00. The van der Waals surface area contributed by atoms with Gasteiger partial charge >= 0.3 is 0 Å². The summed E-state index contributed by atoms with van der Waals surface area (Å²) < 4.78 is 1.73. The van der Waals surface area contributed by atoms with Crippen molar-refractivity contribution in [2.75, 3.05) is 0 Å². The highest BCUT2D eigenvalue weighted by molar-refractivity contribution is 5.75. The number of aromatic nitrogens is 5. The van der Waals surface area contributed by atoms with E-state index in [0.29, 0.717) is 0 Å². The molecule has 0 unspecified atom stereocenters. The second kappa shape index (κ2) is 3.37. The maximum atomic E-state index is 4.14. The van der Waals surface area contributed by atoms with Gasteiger partial charge in [-0.25, -0.2) is 14.6 Å². The van der Waals surface area contributed by atoms with Gasteiger partial charge in [-0.05, 0) is 19.1 Å². The van der Waals surface area contributed by atoms with Gasteiger partial charge in [-0.1, -0.05) is 17.3 Å². The zero-order valence-corrected chi connectivity index (χ0v) is 8.70. The first kappa shape index (κ1) is 8.96. The van der Waals surface area contributed by atoms with E-state index in [1.54, 1.807) is 17.1 Å². The average Bonchev–Trinajstić information content (AvgIpc) is 2.74. The topological polar surface area (TPSA) is 56.5 Å². The Morgan fingerprint density at radius 2 is 1.81 bits per heavy atom. The number of hydrogen-bond acceptors (Lipinski definition) is 4. The van der Waals surface area contributed by atoms with Crippen molar-refractivity contribution in [2.24, 2.45) is 0 Å². The molecule has 2 aromatic heterocycles. The normalized spacial score (nSPS) is 10.8. The first-order valence-corrected chi connectivity index (χ1v) is 4.94. The van der Waals surface area contributed by atoms with E-state index in [4.69, 9.17) is 0 Å². The molecule has 0 bridgehead atoms. The van der Waals surface area contributed by atoms with Crippen molar-refractivity contribution in [3.05, 3.63) is 42.5 Å². The van der Waals surface area contributed by atoms with E-state index in [9.17, 15) is 0 Å². The second-order valence-electron chi connectivity index (χ2n) is 3.48. The van der Waals surface area contributed by atoms with Gasteiger partial charge in [0.2, 0.25) is 0 Å². The predicted octanol–water partition coefficient (Wildman–Crippen LogP) is 1.52. The second-order valence-corrected chi connectivity index (χ2v) is 3.48. The fraction of sp³-hybridized carbons (Fsp3) is 0.0909. The molecule has 0 radical (unpaired) electrons. The first-order valence-electron chi connectivity index (χ1n) is 4.94. The molecule has 0 spiro atoms.